The van der Waals surface area contributed by atoms with Crippen LogP contribution in [0.25, 0.3) is 0 Å². The minimum absolute atomic E-state index is 0. The molecule has 0 radical (unpaired) electrons. The summed E-state index contributed by atoms with van der Waals surface area (Å²) in [4.78, 5) is 11.1. The smallest absolute Gasteiger partial charge is 0.308 e. The van der Waals surface area contributed by atoms with E-state index in [2.05, 4.69) is 11.4 Å². The molecule has 4 nitrogen and oxygen atoms in total. The Kier molecular flexibility index (Phi) is 4.50. The van der Waals surface area contributed by atoms with E-state index >= 15 is 0 Å². The van der Waals surface area contributed by atoms with Gasteiger partial charge in [0.25, 0.3) is 0 Å². The lowest BCUT2D eigenvalue weighted by Gasteiger charge is -2.15. The summed E-state index contributed by atoms with van der Waals surface area (Å²) in [7, 11) is 0. The van der Waals surface area contributed by atoms with Gasteiger partial charge in [-0.05, 0) is 11.6 Å². The SMILES string of the molecule is Cl.N#Cc1ccccc1[C@H]1CNC[C@@H]1C(=O)O. The van der Waals surface area contributed by atoms with Gasteiger partial charge in [-0.1, -0.05) is 18.2 Å². The number of carboxylic acid groups (broad SMARTS) is 1. The van der Waals surface area contributed by atoms with Gasteiger partial charge in [-0.15, -0.1) is 12.4 Å². The predicted molar refractivity (Wildman–Crippen MR) is 65.1 cm³/mol. The zero-order valence-corrected chi connectivity index (χ0v) is 9.91. The van der Waals surface area contributed by atoms with Crippen molar-refractivity contribution in [2.24, 2.45) is 5.92 Å². The van der Waals surface area contributed by atoms with Gasteiger partial charge in [-0.25, -0.2) is 0 Å². The number of benzene rings is 1. The lowest BCUT2D eigenvalue weighted by Crippen LogP contribution is -2.21. The predicted octanol–water partition coefficient (Wildman–Crippen LogP) is 1.37. The molecule has 1 aliphatic heterocycles. The van der Waals surface area contributed by atoms with Crippen LogP contribution < -0.4 is 5.32 Å². The maximum atomic E-state index is 11.1. The summed E-state index contributed by atoms with van der Waals surface area (Å²) in [6.07, 6.45) is 0. The van der Waals surface area contributed by atoms with Crippen molar-refractivity contribution in [1.29, 1.82) is 5.26 Å². The molecule has 1 aliphatic rings. The summed E-state index contributed by atoms with van der Waals surface area (Å²) in [6, 6.07) is 9.31. The Morgan fingerprint density at radius 2 is 2.12 bits per heavy atom. The Labute approximate surface area is 106 Å². The molecule has 0 spiro atoms. The van der Waals surface area contributed by atoms with E-state index in [1.807, 2.05) is 12.1 Å². The van der Waals surface area contributed by atoms with E-state index in [4.69, 9.17) is 10.4 Å². The molecule has 2 N–H and O–H groups in total. The molecule has 2 rings (SSSR count). The van der Waals surface area contributed by atoms with Gasteiger partial charge >= 0.3 is 5.97 Å². The molecule has 0 saturated carbocycles. The van der Waals surface area contributed by atoms with E-state index in [1.165, 1.54) is 0 Å². The molecule has 1 saturated heterocycles. The zero-order valence-electron chi connectivity index (χ0n) is 9.09. The van der Waals surface area contributed by atoms with Crippen LogP contribution in [0, 0.1) is 17.2 Å². The van der Waals surface area contributed by atoms with Crippen LogP contribution in [0.1, 0.15) is 17.0 Å². The summed E-state index contributed by atoms with van der Waals surface area (Å²) >= 11 is 0. The summed E-state index contributed by atoms with van der Waals surface area (Å²) in [5.41, 5.74) is 1.41. The van der Waals surface area contributed by atoms with Gasteiger partial charge in [0, 0.05) is 19.0 Å². The minimum atomic E-state index is -0.803. The maximum absolute atomic E-state index is 11.1. The second kappa shape index (κ2) is 5.67. The first kappa shape index (κ1) is 13.5. The highest BCUT2D eigenvalue weighted by atomic mass is 35.5. The lowest BCUT2D eigenvalue weighted by atomic mass is 9.86. The molecule has 0 unspecified atom stereocenters. The molecule has 1 aromatic rings. The van der Waals surface area contributed by atoms with Gasteiger partial charge in [-0.2, -0.15) is 5.26 Å². The number of hydrogen-bond acceptors (Lipinski definition) is 3. The van der Waals surface area contributed by atoms with E-state index < -0.39 is 11.9 Å². The average Bonchev–Trinajstić information content (AvgIpc) is 2.77. The maximum Gasteiger partial charge on any atom is 0.308 e. The fourth-order valence-electron chi connectivity index (χ4n) is 2.19. The molecule has 0 aliphatic carbocycles. The number of halogens is 1. The number of carbonyl (C=O) groups is 1. The molecule has 17 heavy (non-hydrogen) atoms. The second-order valence-corrected chi connectivity index (χ2v) is 3.91. The van der Waals surface area contributed by atoms with E-state index in [-0.39, 0.29) is 18.3 Å². The number of aliphatic carboxylic acids is 1. The molecule has 0 bridgehead atoms. The van der Waals surface area contributed by atoms with Crippen LogP contribution in [0.15, 0.2) is 24.3 Å². The minimum Gasteiger partial charge on any atom is -0.481 e. The molecular formula is C12H13ClN2O2. The topological polar surface area (TPSA) is 73.1 Å². The van der Waals surface area contributed by atoms with Gasteiger partial charge in [0.2, 0.25) is 0 Å². The number of carboxylic acids is 1. The van der Waals surface area contributed by atoms with Crippen molar-refractivity contribution >= 4 is 18.4 Å². The molecule has 1 aromatic carbocycles. The van der Waals surface area contributed by atoms with Crippen molar-refractivity contribution in [3.8, 4) is 6.07 Å². The van der Waals surface area contributed by atoms with E-state index in [1.54, 1.807) is 12.1 Å². The summed E-state index contributed by atoms with van der Waals surface area (Å²) in [6.45, 7) is 1.09. The van der Waals surface area contributed by atoms with Crippen molar-refractivity contribution in [3.05, 3.63) is 35.4 Å². The highest BCUT2D eigenvalue weighted by Crippen LogP contribution is 2.30. The highest BCUT2D eigenvalue weighted by molar-refractivity contribution is 5.85. The quantitative estimate of drug-likeness (QED) is 0.834. The van der Waals surface area contributed by atoms with Crippen molar-refractivity contribution in [2.75, 3.05) is 13.1 Å². The van der Waals surface area contributed by atoms with Gasteiger partial charge in [0.1, 0.15) is 0 Å². The first-order valence-electron chi connectivity index (χ1n) is 5.16. The third-order valence-electron chi connectivity index (χ3n) is 3.01. The monoisotopic (exact) mass is 252 g/mol. The lowest BCUT2D eigenvalue weighted by molar-refractivity contribution is -0.141. The normalized spacial score (nSPS) is 22.5. The average molecular weight is 253 g/mol. The molecule has 2 atom stereocenters. The molecule has 90 valence electrons. The van der Waals surface area contributed by atoms with Crippen molar-refractivity contribution in [2.45, 2.75) is 5.92 Å². The van der Waals surface area contributed by atoms with E-state index in [0.29, 0.717) is 18.7 Å². The van der Waals surface area contributed by atoms with Gasteiger partial charge < -0.3 is 10.4 Å². The molecular weight excluding hydrogens is 240 g/mol. The summed E-state index contributed by atoms with van der Waals surface area (Å²) in [5, 5.41) is 21.1. The Morgan fingerprint density at radius 1 is 1.41 bits per heavy atom. The Bertz CT molecular complexity index is 456. The number of hydrogen-bond donors (Lipinski definition) is 2. The van der Waals surface area contributed by atoms with E-state index in [9.17, 15) is 4.79 Å². The van der Waals surface area contributed by atoms with Crippen LogP contribution in [0.3, 0.4) is 0 Å². The van der Waals surface area contributed by atoms with Crippen molar-refractivity contribution in [3.63, 3.8) is 0 Å². The fourth-order valence-corrected chi connectivity index (χ4v) is 2.19. The first-order valence-corrected chi connectivity index (χ1v) is 5.16. The molecule has 0 aromatic heterocycles. The van der Waals surface area contributed by atoms with Crippen molar-refractivity contribution in [1.82, 2.24) is 5.32 Å². The van der Waals surface area contributed by atoms with Crippen molar-refractivity contribution < 1.29 is 9.90 Å². The summed E-state index contributed by atoms with van der Waals surface area (Å²) < 4.78 is 0. The second-order valence-electron chi connectivity index (χ2n) is 3.91. The highest BCUT2D eigenvalue weighted by Gasteiger charge is 2.34. The molecule has 1 heterocycles. The standard InChI is InChI=1S/C12H12N2O2.ClH/c13-5-8-3-1-2-4-9(8)10-6-14-7-11(10)12(15)16;/h1-4,10-11,14H,6-7H2,(H,15,16);1H/t10-,11+;/m1./s1. The van der Waals surface area contributed by atoms with Crippen LogP contribution in [0.5, 0.6) is 0 Å². The number of nitriles is 1. The van der Waals surface area contributed by atoms with Gasteiger partial charge in [-0.3, -0.25) is 4.79 Å². The number of nitrogens with zero attached hydrogens (tertiary/aromatic N) is 1. The van der Waals surface area contributed by atoms with Crippen LogP contribution in [0.2, 0.25) is 0 Å². The first-order chi connectivity index (χ1) is 7.74. The Balaban J connectivity index is 0.00000144. The number of nitrogens with one attached hydrogen (secondary N) is 1. The number of rotatable bonds is 2. The Hall–Kier alpha value is -1.57. The largest absolute Gasteiger partial charge is 0.481 e. The molecule has 5 heteroatoms. The summed E-state index contributed by atoms with van der Waals surface area (Å²) in [5.74, 6) is -1.34. The fraction of sp³-hybridized carbons (Fsp3) is 0.333. The van der Waals surface area contributed by atoms with Gasteiger partial charge in [0.05, 0.1) is 17.6 Å². The van der Waals surface area contributed by atoms with Crippen LogP contribution in [-0.2, 0) is 4.79 Å². The zero-order chi connectivity index (χ0) is 11.5. The van der Waals surface area contributed by atoms with Crippen LogP contribution in [0.4, 0.5) is 0 Å². The van der Waals surface area contributed by atoms with Crippen LogP contribution in [-0.4, -0.2) is 24.2 Å². The third-order valence-corrected chi connectivity index (χ3v) is 3.01. The third kappa shape index (κ3) is 2.57. The van der Waals surface area contributed by atoms with E-state index in [0.717, 1.165) is 5.56 Å². The Morgan fingerprint density at radius 3 is 2.76 bits per heavy atom. The van der Waals surface area contributed by atoms with Gasteiger partial charge in [0.15, 0.2) is 0 Å². The molecule has 0 amide bonds. The van der Waals surface area contributed by atoms with Crippen LogP contribution >= 0.6 is 12.4 Å². The molecule has 1 fully saturated rings.